The predicted molar refractivity (Wildman–Crippen MR) is 327 cm³/mol. The Hall–Kier alpha value is -6.65. The van der Waals surface area contributed by atoms with Crippen molar-refractivity contribution >= 4 is 52.1 Å². The standard InChI is InChI=1S/C32H28.C17H17N.C13H12.3C2H6.H2S2/c1-21-11-5-7-13-26(21)28-18-17-25(19-23(28)3)32-20-31(27-14-8-6-12-22(27)2)24(4)29-15-9-10-16-30(29)32;1-13(2)18-17(15-10-5-4-6-11-15)16-12-8-7-9-14(16)3;1-11-6-5-9-13(10-11)12-7-3-2-4-8-12;4*1-2/h5-20H,1-4H3;4-12H,3H2,1-2H3;2-10H,1H3;3*1-2H3;1-2H/b;17-16-;;;;;. The van der Waals surface area contributed by atoms with Gasteiger partial charge in [0.1, 0.15) is 0 Å². The maximum absolute atomic E-state index is 4.67. The third kappa shape index (κ3) is 16.5. The number of nitrogens with zero attached hydrogens (tertiary/aromatic N) is 1. The zero-order valence-corrected chi connectivity index (χ0v) is 46.5. The molecule has 0 amide bonds. The first-order valence-corrected chi connectivity index (χ1v) is 26.6. The zero-order valence-electron chi connectivity index (χ0n) is 44.7. The van der Waals surface area contributed by atoms with Gasteiger partial charge in [0.15, 0.2) is 0 Å². The molecule has 9 aromatic rings. The van der Waals surface area contributed by atoms with Crippen LogP contribution < -0.4 is 10.4 Å². The van der Waals surface area contributed by atoms with Crippen LogP contribution in [-0.4, -0.2) is 5.71 Å². The quantitative estimate of drug-likeness (QED) is 0.0936. The molecule has 0 unspecified atom stereocenters. The molecule has 1 nitrogen and oxygen atoms in total. The maximum Gasteiger partial charge on any atom is 0.0779 e. The first kappa shape index (κ1) is 58.7. The molecular formula is C68H77NS2. The van der Waals surface area contributed by atoms with Crippen LogP contribution in [0, 0.1) is 34.6 Å². The molecule has 0 aliphatic heterocycles. The van der Waals surface area contributed by atoms with Crippen LogP contribution in [0.3, 0.4) is 0 Å². The Kier molecular flexibility index (Phi) is 26.1. The van der Waals surface area contributed by atoms with Gasteiger partial charge in [0, 0.05) is 16.5 Å². The summed E-state index contributed by atoms with van der Waals surface area (Å²) in [7, 11) is 0. The average molecular weight is 973 g/mol. The second-order valence-electron chi connectivity index (χ2n) is 16.5. The normalized spacial score (nSPS) is 10.2. The largest absolute Gasteiger partial charge is 0.257 e. The SMILES string of the molecule is C=c1cccc/c1=C(/N=C(C)C)c1ccccc1.CC.CC.CC.Cc1cccc(-c2ccccc2)c1.Cc1ccccc1-c1ccc(-c2cc(-c3ccccc3C)c(C)c3ccccc23)cc1C.SS. The lowest BCUT2D eigenvalue weighted by Gasteiger charge is -2.17. The fourth-order valence-electron chi connectivity index (χ4n) is 8.23. The predicted octanol–water partition coefficient (Wildman–Crippen LogP) is 19.3. The van der Waals surface area contributed by atoms with Crippen LogP contribution in [0.4, 0.5) is 0 Å². The van der Waals surface area contributed by atoms with Gasteiger partial charge in [-0.15, -0.1) is 23.3 Å². The van der Waals surface area contributed by atoms with Crippen molar-refractivity contribution < 1.29 is 0 Å². The lowest BCUT2D eigenvalue weighted by molar-refractivity contribution is 1.39. The molecule has 0 spiro atoms. The van der Waals surface area contributed by atoms with Crippen LogP contribution >= 0.6 is 23.3 Å². The van der Waals surface area contributed by atoms with E-state index in [0.717, 1.165) is 27.4 Å². The minimum absolute atomic E-state index is 0.987. The van der Waals surface area contributed by atoms with Crippen molar-refractivity contribution in [3.05, 3.63) is 250 Å². The van der Waals surface area contributed by atoms with Gasteiger partial charge in [-0.3, -0.25) is 4.99 Å². The first-order chi connectivity index (χ1) is 34.6. The summed E-state index contributed by atoms with van der Waals surface area (Å²) in [6.45, 7) is 31.1. The summed E-state index contributed by atoms with van der Waals surface area (Å²) in [4.78, 5) is 4.67. The van der Waals surface area contributed by atoms with E-state index in [4.69, 9.17) is 0 Å². The summed E-state index contributed by atoms with van der Waals surface area (Å²) in [6.07, 6.45) is 0. The lowest BCUT2D eigenvalue weighted by atomic mass is 9.86. The van der Waals surface area contributed by atoms with Crippen LogP contribution in [-0.2, 0) is 0 Å². The van der Waals surface area contributed by atoms with E-state index in [1.165, 1.54) is 83.1 Å². The molecule has 0 atom stereocenters. The second kappa shape index (κ2) is 31.6. The highest BCUT2D eigenvalue weighted by Gasteiger charge is 2.15. The van der Waals surface area contributed by atoms with Gasteiger partial charge in [-0.1, -0.05) is 254 Å². The number of benzene rings is 9. The van der Waals surface area contributed by atoms with E-state index >= 15 is 0 Å². The molecular weight excluding hydrogens is 895 g/mol. The van der Waals surface area contributed by atoms with Crippen LogP contribution in [0.1, 0.15) is 88.8 Å². The molecule has 0 heterocycles. The number of fused-ring (bicyclic) bond motifs is 1. The van der Waals surface area contributed by atoms with Crippen LogP contribution in [0.5, 0.6) is 0 Å². The van der Waals surface area contributed by atoms with Gasteiger partial charge < -0.3 is 0 Å². The summed E-state index contributed by atoms with van der Waals surface area (Å²) < 4.78 is 0. The molecule has 0 bridgehead atoms. The molecule has 9 aromatic carbocycles. The highest BCUT2D eigenvalue weighted by Crippen LogP contribution is 2.40. The Morgan fingerprint density at radius 1 is 0.380 bits per heavy atom. The van der Waals surface area contributed by atoms with Crippen molar-refractivity contribution in [1.82, 2.24) is 0 Å². The third-order valence-electron chi connectivity index (χ3n) is 11.5. The second-order valence-corrected chi connectivity index (χ2v) is 16.5. The summed E-state index contributed by atoms with van der Waals surface area (Å²) >= 11 is 6.44. The molecule has 366 valence electrons. The Labute approximate surface area is 439 Å². The van der Waals surface area contributed by atoms with E-state index in [0.29, 0.717) is 0 Å². The van der Waals surface area contributed by atoms with Crippen molar-refractivity contribution in [3.8, 4) is 44.5 Å². The number of hydrogen-bond acceptors (Lipinski definition) is 3. The van der Waals surface area contributed by atoms with E-state index in [1.807, 2.05) is 97.9 Å². The fourth-order valence-corrected chi connectivity index (χ4v) is 8.23. The third-order valence-corrected chi connectivity index (χ3v) is 11.5. The molecule has 0 N–H and O–H groups in total. The van der Waals surface area contributed by atoms with Crippen LogP contribution in [0.25, 0.3) is 67.6 Å². The van der Waals surface area contributed by atoms with Crippen LogP contribution in [0.2, 0.25) is 0 Å². The fraction of sp³-hybridized carbons (Fsp3) is 0.191. The Morgan fingerprint density at radius 3 is 1.41 bits per heavy atom. The number of thiol groups is 2. The van der Waals surface area contributed by atoms with Crippen molar-refractivity contribution in [3.63, 3.8) is 0 Å². The van der Waals surface area contributed by atoms with Crippen molar-refractivity contribution in [2.45, 2.75) is 90.0 Å². The smallest absolute Gasteiger partial charge is 0.0779 e. The molecule has 0 radical (unpaired) electrons. The molecule has 9 rings (SSSR count). The van der Waals surface area contributed by atoms with Gasteiger partial charge in [0.05, 0.1) is 5.70 Å². The molecule has 0 fully saturated rings. The van der Waals surface area contributed by atoms with Gasteiger partial charge in [0.2, 0.25) is 0 Å². The Morgan fingerprint density at radius 2 is 0.859 bits per heavy atom. The summed E-state index contributed by atoms with van der Waals surface area (Å²) in [5, 5.41) is 4.72. The van der Waals surface area contributed by atoms with Gasteiger partial charge in [-0.25, -0.2) is 0 Å². The topological polar surface area (TPSA) is 12.4 Å². The maximum atomic E-state index is 4.67. The number of aliphatic imine (C=N–C) groups is 1. The molecule has 0 aliphatic carbocycles. The lowest BCUT2D eigenvalue weighted by Crippen LogP contribution is -2.25. The van der Waals surface area contributed by atoms with Gasteiger partial charge >= 0.3 is 0 Å². The van der Waals surface area contributed by atoms with E-state index in [9.17, 15) is 0 Å². The molecule has 0 saturated heterocycles. The molecule has 0 aromatic heterocycles. The van der Waals surface area contributed by atoms with E-state index in [2.05, 4.69) is 233 Å². The highest BCUT2D eigenvalue weighted by molar-refractivity contribution is 8.59. The minimum Gasteiger partial charge on any atom is -0.257 e. The van der Waals surface area contributed by atoms with Crippen molar-refractivity contribution in [2.75, 3.05) is 0 Å². The van der Waals surface area contributed by atoms with E-state index in [1.54, 1.807) is 0 Å². The van der Waals surface area contributed by atoms with Gasteiger partial charge in [-0.05, 0) is 137 Å². The average Bonchev–Trinajstić information content (AvgIpc) is 3.42. The minimum atomic E-state index is 0.987. The van der Waals surface area contributed by atoms with Gasteiger partial charge in [-0.2, -0.15) is 0 Å². The Bertz CT molecular complexity index is 3140. The van der Waals surface area contributed by atoms with E-state index < -0.39 is 0 Å². The zero-order chi connectivity index (χ0) is 52.3. The van der Waals surface area contributed by atoms with E-state index in [-0.39, 0.29) is 0 Å². The molecule has 0 aliphatic rings. The summed E-state index contributed by atoms with van der Waals surface area (Å²) in [6, 6.07) is 72.8. The van der Waals surface area contributed by atoms with Gasteiger partial charge in [0.25, 0.3) is 0 Å². The summed E-state index contributed by atoms with van der Waals surface area (Å²) in [5.41, 5.74) is 20.1. The molecule has 0 saturated carbocycles. The Balaban J connectivity index is 0.000000289. The number of hydrogen-bond donors (Lipinski definition) is 2. The molecule has 3 heteroatoms. The number of rotatable bonds is 6. The molecule has 71 heavy (non-hydrogen) atoms. The van der Waals surface area contributed by atoms with Crippen molar-refractivity contribution in [2.24, 2.45) is 4.99 Å². The van der Waals surface area contributed by atoms with Crippen LogP contribution in [0.15, 0.2) is 211 Å². The first-order valence-electron chi connectivity index (χ1n) is 25.0. The number of aryl methyl sites for hydroxylation is 5. The summed E-state index contributed by atoms with van der Waals surface area (Å²) in [5.74, 6) is 0. The highest BCUT2D eigenvalue weighted by atomic mass is 33.1. The van der Waals surface area contributed by atoms with Crippen molar-refractivity contribution in [1.29, 1.82) is 0 Å². The monoisotopic (exact) mass is 972 g/mol.